The second-order valence-corrected chi connectivity index (χ2v) is 4.54. The predicted molar refractivity (Wildman–Crippen MR) is 80.0 cm³/mol. The lowest BCUT2D eigenvalue weighted by Gasteiger charge is -2.06. The molecule has 0 saturated carbocycles. The van der Waals surface area contributed by atoms with E-state index in [1.807, 2.05) is 24.3 Å². The van der Waals surface area contributed by atoms with Gasteiger partial charge in [0.25, 0.3) is 5.69 Å². The van der Waals surface area contributed by atoms with Crippen molar-refractivity contribution in [1.29, 1.82) is 0 Å². The van der Waals surface area contributed by atoms with Gasteiger partial charge in [-0.1, -0.05) is 0 Å². The largest absolute Gasteiger partial charge is 0.366 e. The lowest BCUT2D eigenvalue weighted by Crippen LogP contribution is -2.01. The lowest BCUT2D eigenvalue weighted by atomic mass is 10.2. The fourth-order valence-electron chi connectivity index (χ4n) is 2.02. The van der Waals surface area contributed by atoms with Crippen molar-refractivity contribution in [3.8, 4) is 0 Å². The van der Waals surface area contributed by atoms with E-state index in [1.165, 1.54) is 12.1 Å². The number of nitrogens with zero attached hydrogens (tertiary/aromatic N) is 3. The van der Waals surface area contributed by atoms with Crippen LogP contribution in [-0.4, -0.2) is 14.9 Å². The zero-order valence-corrected chi connectivity index (χ0v) is 11.1. The molecule has 0 aliphatic heterocycles. The summed E-state index contributed by atoms with van der Waals surface area (Å²) < 4.78 is 0. The fraction of sp³-hybridized carbons (Fsp3) is 0.0667. The van der Waals surface area contributed by atoms with Crippen LogP contribution in [0.25, 0.3) is 10.9 Å². The van der Waals surface area contributed by atoms with E-state index < -0.39 is 4.92 Å². The lowest BCUT2D eigenvalue weighted by molar-refractivity contribution is -0.384. The van der Waals surface area contributed by atoms with Crippen LogP contribution in [0, 0.1) is 10.1 Å². The highest BCUT2D eigenvalue weighted by molar-refractivity contribution is 5.82. The van der Waals surface area contributed by atoms with Gasteiger partial charge in [-0.05, 0) is 35.9 Å². The number of benzene rings is 1. The van der Waals surface area contributed by atoms with E-state index in [9.17, 15) is 10.1 Å². The van der Waals surface area contributed by atoms with Gasteiger partial charge in [0, 0.05) is 36.5 Å². The summed E-state index contributed by atoms with van der Waals surface area (Å²) in [6.45, 7) is 0.647. The van der Waals surface area contributed by atoms with Gasteiger partial charge in [0.2, 0.25) is 0 Å². The van der Waals surface area contributed by atoms with Crippen LogP contribution in [0.4, 0.5) is 11.5 Å². The minimum atomic E-state index is -0.408. The van der Waals surface area contributed by atoms with Crippen LogP contribution in [0.1, 0.15) is 5.56 Å². The van der Waals surface area contributed by atoms with Crippen molar-refractivity contribution in [1.82, 2.24) is 9.97 Å². The average Bonchev–Trinajstić information content (AvgIpc) is 2.53. The first-order valence-electron chi connectivity index (χ1n) is 6.40. The first-order valence-corrected chi connectivity index (χ1v) is 6.40. The van der Waals surface area contributed by atoms with Crippen LogP contribution < -0.4 is 5.32 Å². The molecule has 0 fully saturated rings. The zero-order valence-electron chi connectivity index (χ0n) is 11.1. The monoisotopic (exact) mass is 280 g/mol. The summed E-state index contributed by atoms with van der Waals surface area (Å²) in [6, 6.07) is 12.1. The maximum absolute atomic E-state index is 10.7. The van der Waals surface area contributed by atoms with Gasteiger partial charge in [0.1, 0.15) is 5.82 Å². The van der Waals surface area contributed by atoms with E-state index in [-0.39, 0.29) is 5.69 Å². The molecule has 6 heteroatoms. The number of rotatable bonds is 4. The van der Waals surface area contributed by atoms with Crippen LogP contribution in [0.5, 0.6) is 0 Å². The van der Waals surface area contributed by atoms with Gasteiger partial charge in [-0.25, -0.2) is 4.98 Å². The Hall–Kier alpha value is -3.02. The van der Waals surface area contributed by atoms with Gasteiger partial charge in [0.15, 0.2) is 0 Å². The number of hydrogen-bond donors (Lipinski definition) is 1. The van der Waals surface area contributed by atoms with E-state index >= 15 is 0 Å². The number of hydrogen-bond acceptors (Lipinski definition) is 5. The maximum Gasteiger partial charge on any atom is 0.270 e. The fourth-order valence-corrected chi connectivity index (χ4v) is 2.02. The number of nitro benzene ring substituents is 1. The highest BCUT2D eigenvalue weighted by Gasteiger charge is 2.07. The number of aromatic nitrogens is 2. The minimum absolute atomic E-state index is 0.0711. The number of anilines is 1. The molecule has 21 heavy (non-hydrogen) atoms. The molecule has 0 bridgehead atoms. The zero-order chi connectivity index (χ0) is 14.7. The molecule has 1 N–H and O–H groups in total. The Morgan fingerprint density at radius 1 is 1.10 bits per heavy atom. The molecule has 104 valence electrons. The van der Waals surface area contributed by atoms with Gasteiger partial charge in [-0.3, -0.25) is 15.1 Å². The Kier molecular flexibility index (Phi) is 3.42. The number of nitro groups is 1. The molecule has 6 nitrogen and oxygen atoms in total. The molecule has 3 aromatic rings. The van der Waals surface area contributed by atoms with Gasteiger partial charge in [-0.2, -0.15) is 0 Å². The SMILES string of the molecule is O=[N+]([O-])c1ccc2nc(NCc3ccncc3)ccc2c1. The van der Waals surface area contributed by atoms with Crippen LogP contribution in [0.15, 0.2) is 54.9 Å². The second-order valence-electron chi connectivity index (χ2n) is 4.54. The van der Waals surface area contributed by atoms with Crippen LogP contribution in [-0.2, 0) is 6.54 Å². The topological polar surface area (TPSA) is 81.0 Å². The Balaban J connectivity index is 1.81. The maximum atomic E-state index is 10.7. The Labute approximate surface area is 120 Å². The normalized spacial score (nSPS) is 10.5. The Morgan fingerprint density at radius 3 is 2.67 bits per heavy atom. The third-order valence-corrected chi connectivity index (χ3v) is 3.11. The number of pyridine rings is 2. The molecule has 0 unspecified atom stereocenters. The summed E-state index contributed by atoms with van der Waals surface area (Å²) in [5.41, 5.74) is 1.90. The molecule has 0 spiro atoms. The summed E-state index contributed by atoms with van der Waals surface area (Å²) in [4.78, 5) is 18.7. The molecule has 0 radical (unpaired) electrons. The van der Waals surface area contributed by atoms with Gasteiger partial charge in [0.05, 0.1) is 10.4 Å². The van der Waals surface area contributed by atoms with E-state index in [0.29, 0.717) is 6.54 Å². The van der Waals surface area contributed by atoms with Crippen LogP contribution >= 0.6 is 0 Å². The van der Waals surface area contributed by atoms with Crippen molar-refractivity contribution < 1.29 is 4.92 Å². The van der Waals surface area contributed by atoms with Crippen molar-refractivity contribution >= 4 is 22.4 Å². The summed E-state index contributed by atoms with van der Waals surface area (Å²) in [6.07, 6.45) is 3.48. The smallest absolute Gasteiger partial charge is 0.270 e. The third-order valence-electron chi connectivity index (χ3n) is 3.11. The first kappa shape index (κ1) is 13.0. The first-order chi connectivity index (χ1) is 10.2. The summed E-state index contributed by atoms with van der Waals surface area (Å²) in [5.74, 6) is 0.730. The standard InChI is InChI=1S/C15H12N4O2/c20-19(21)13-2-3-14-12(9-13)1-4-15(18-14)17-10-11-5-7-16-8-6-11/h1-9H,10H2,(H,17,18). The molecular weight excluding hydrogens is 268 g/mol. The van der Waals surface area contributed by atoms with Gasteiger partial charge >= 0.3 is 0 Å². The molecule has 3 rings (SSSR count). The third kappa shape index (κ3) is 2.94. The van der Waals surface area contributed by atoms with Crippen molar-refractivity contribution in [2.75, 3.05) is 5.32 Å². The highest BCUT2D eigenvalue weighted by Crippen LogP contribution is 2.21. The van der Waals surface area contributed by atoms with Crippen molar-refractivity contribution in [3.63, 3.8) is 0 Å². The van der Waals surface area contributed by atoms with Gasteiger partial charge in [-0.15, -0.1) is 0 Å². The van der Waals surface area contributed by atoms with E-state index in [2.05, 4.69) is 15.3 Å². The molecule has 0 atom stereocenters. The number of fused-ring (bicyclic) bond motifs is 1. The van der Waals surface area contributed by atoms with E-state index in [0.717, 1.165) is 22.3 Å². The van der Waals surface area contributed by atoms with Gasteiger partial charge < -0.3 is 5.32 Å². The Bertz CT molecular complexity index is 790. The highest BCUT2D eigenvalue weighted by atomic mass is 16.6. The van der Waals surface area contributed by atoms with Crippen LogP contribution in [0.3, 0.4) is 0 Å². The number of non-ortho nitro benzene ring substituents is 1. The molecule has 0 saturated heterocycles. The van der Waals surface area contributed by atoms with E-state index in [4.69, 9.17) is 0 Å². The van der Waals surface area contributed by atoms with Crippen molar-refractivity contribution in [2.24, 2.45) is 0 Å². The summed E-state index contributed by atoms with van der Waals surface area (Å²) in [5, 5.41) is 14.7. The second kappa shape index (κ2) is 5.54. The minimum Gasteiger partial charge on any atom is -0.366 e. The Morgan fingerprint density at radius 2 is 1.90 bits per heavy atom. The molecule has 0 amide bonds. The average molecular weight is 280 g/mol. The molecular formula is C15H12N4O2. The molecule has 0 aliphatic rings. The van der Waals surface area contributed by atoms with Crippen molar-refractivity contribution in [2.45, 2.75) is 6.54 Å². The predicted octanol–water partition coefficient (Wildman–Crippen LogP) is 3.15. The summed E-state index contributed by atoms with van der Waals surface area (Å²) in [7, 11) is 0. The quantitative estimate of drug-likeness (QED) is 0.586. The van der Waals surface area contributed by atoms with Crippen LogP contribution in [0.2, 0.25) is 0 Å². The summed E-state index contributed by atoms with van der Waals surface area (Å²) >= 11 is 0. The molecule has 2 heterocycles. The molecule has 2 aromatic heterocycles. The molecule has 0 aliphatic carbocycles. The van der Waals surface area contributed by atoms with E-state index in [1.54, 1.807) is 18.5 Å². The molecule has 1 aromatic carbocycles. The number of nitrogens with one attached hydrogen (secondary N) is 1. The van der Waals surface area contributed by atoms with Crippen molar-refractivity contribution in [3.05, 3.63) is 70.5 Å².